The van der Waals surface area contributed by atoms with Crippen molar-refractivity contribution in [1.82, 2.24) is 9.97 Å². The number of benzene rings is 8. The first-order valence-corrected chi connectivity index (χ1v) is 20.3. The van der Waals surface area contributed by atoms with Crippen molar-refractivity contribution in [2.75, 3.05) is 0 Å². The summed E-state index contributed by atoms with van der Waals surface area (Å²) in [5, 5.41) is 4.70. The van der Waals surface area contributed by atoms with Crippen LogP contribution in [0.2, 0.25) is 0 Å². The van der Waals surface area contributed by atoms with Crippen LogP contribution in [0, 0.1) is 0 Å². The molecule has 0 saturated carbocycles. The zero-order valence-electron chi connectivity index (χ0n) is 30.0. The van der Waals surface area contributed by atoms with E-state index in [-0.39, 0.29) is 0 Å². The fourth-order valence-corrected chi connectivity index (χ4v) is 11.2. The third kappa shape index (κ3) is 5.16. The predicted octanol–water partition coefficient (Wildman–Crippen LogP) is 11.0. The highest BCUT2D eigenvalue weighted by Crippen LogP contribution is 2.58. The first-order chi connectivity index (χ1) is 27.2. The Balaban J connectivity index is 1.29. The van der Waals surface area contributed by atoms with Crippen molar-refractivity contribution in [3.63, 3.8) is 0 Å². The molecular formula is C51H35N2OP. The van der Waals surface area contributed by atoms with Crippen molar-refractivity contribution in [3.8, 4) is 33.8 Å². The Bertz CT molecular complexity index is 2830. The molecule has 3 nitrogen and oxygen atoms in total. The molecule has 8 aromatic carbocycles. The summed E-state index contributed by atoms with van der Waals surface area (Å²) in [6.45, 7) is 0. The summed E-state index contributed by atoms with van der Waals surface area (Å²) < 4.78 is 15.5. The summed E-state index contributed by atoms with van der Waals surface area (Å²) in [7, 11) is -3.20. The summed E-state index contributed by atoms with van der Waals surface area (Å²) in [6.07, 6.45) is 0. The quantitative estimate of drug-likeness (QED) is 0.154. The van der Waals surface area contributed by atoms with E-state index >= 15 is 4.57 Å². The molecular weight excluding hydrogens is 688 g/mol. The zero-order chi connectivity index (χ0) is 36.8. The maximum Gasteiger partial charge on any atom is 0.171 e. The molecule has 1 atom stereocenters. The van der Waals surface area contributed by atoms with Crippen LogP contribution in [-0.2, 0) is 9.98 Å². The van der Waals surface area contributed by atoms with E-state index in [0.29, 0.717) is 5.82 Å². The van der Waals surface area contributed by atoms with E-state index in [9.17, 15) is 0 Å². The van der Waals surface area contributed by atoms with Gasteiger partial charge in [-0.05, 0) is 33.0 Å². The van der Waals surface area contributed by atoms with Gasteiger partial charge in [0.2, 0.25) is 0 Å². The molecule has 260 valence electrons. The van der Waals surface area contributed by atoms with Crippen molar-refractivity contribution in [2.24, 2.45) is 0 Å². The second-order valence-electron chi connectivity index (χ2n) is 14.0. The number of aromatic nitrogens is 2. The minimum Gasteiger partial charge on any atom is -0.309 e. The highest BCUT2D eigenvalue weighted by Gasteiger charge is 2.49. The topological polar surface area (TPSA) is 42.9 Å². The average molecular weight is 723 g/mol. The normalized spacial score (nSPS) is 14.7. The van der Waals surface area contributed by atoms with Crippen LogP contribution < -0.4 is 15.9 Å². The van der Waals surface area contributed by atoms with Crippen molar-refractivity contribution >= 4 is 33.8 Å². The van der Waals surface area contributed by atoms with Crippen molar-refractivity contribution in [3.05, 3.63) is 235 Å². The standard InChI is InChI=1S/C51H35N2OP/c54-55(40-24-9-3-10-25-40,41-26-11-4-12-27-41)42-34-32-39(33-35-42)51(38-22-7-2-8-23-38)46-31-16-15-29-45(46)47-48(44-30-17-21-36-18-13-14-28-43(36)44)52-50(53-49(47)51)37-19-5-1-6-20-37/h1-35H. The molecule has 0 spiro atoms. The van der Waals surface area contributed by atoms with Gasteiger partial charge in [0.1, 0.15) is 0 Å². The van der Waals surface area contributed by atoms with Gasteiger partial charge in [0.05, 0.1) is 16.8 Å². The summed E-state index contributed by atoms with van der Waals surface area (Å²) in [6, 6.07) is 72.9. The van der Waals surface area contributed by atoms with Crippen molar-refractivity contribution in [2.45, 2.75) is 5.41 Å². The van der Waals surface area contributed by atoms with E-state index in [1.165, 1.54) is 0 Å². The molecule has 9 aromatic rings. The molecule has 0 radical (unpaired) electrons. The molecule has 1 heterocycles. The highest BCUT2D eigenvalue weighted by atomic mass is 31.2. The van der Waals surface area contributed by atoms with Gasteiger partial charge in [-0.2, -0.15) is 0 Å². The number of nitrogens with zero attached hydrogens (tertiary/aromatic N) is 2. The van der Waals surface area contributed by atoms with Crippen molar-refractivity contribution < 1.29 is 4.57 Å². The molecule has 0 N–H and O–H groups in total. The molecule has 1 unspecified atom stereocenters. The van der Waals surface area contributed by atoms with Gasteiger partial charge in [-0.1, -0.05) is 212 Å². The van der Waals surface area contributed by atoms with E-state index in [1.54, 1.807) is 0 Å². The molecule has 55 heavy (non-hydrogen) atoms. The van der Waals surface area contributed by atoms with Gasteiger partial charge in [-0.25, -0.2) is 9.97 Å². The maximum absolute atomic E-state index is 15.5. The fourth-order valence-electron chi connectivity index (χ4n) is 8.57. The molecule has 1 aromatic heterocycles. The van der Waals surface area contributed by atoms with Gasteiger partial charge < -0.3 is 4.57 Å². The van der Waals surface area contributed by atoms with Gasteiger partial charge in [-0.15, -0.1) is 0 Å². The lowest BCUT2D eigenvalue weighted by molar-refractivity contribution is 0.592. The lowest BCUT2D eigenvalue weighted by Crippen LogP contribution is -2.31. The molecule has 1 aliphatic rings. The molecule has 4 heteroatoms. The lowest BCUT2D eigenvalue weighted by atomic mass is 9.69. The Morgan fingerprint density at radius 1 is 0.418 bits per heavy atom. The zero-order valence-corrected chi connectivity index (χ0v) is 30.9. The van der Waals surface area contributed by atoms with Crippen LogP contribution in [-0.4, -0.2) is 9.97 Å². The largest absolute Gasteiger partial charge is 0.309 e. The number of hydrogen-bond donors (Lipinski definition) is 0. The van der Waals surface area contributed by atoms with Crippen LogP contribution in [0.25, 0.3) is 44.5 Å². The molecule has 0 aliphatic heterocycles. The Labute approximate surface area is 321 Å². The Hall–Kier alpha value is -6.67. The van der Waals surface area contributed by atoms with E-state index in [4.69, 9.17) is 9.97 Å². The lowest BCUT2D eigenvalue weighted by Gasteiger charge is -2.33. The summed E-state index contributed by atoms with van der Waals surface area (Å²) in [5.74, 6) is 0.671. The first-order valence-electron chi connectivity index (χ1n) is 18.6. The monoisotopic (exact) mass is 722 g/mol. The highest BCUT2D eigenvalue weighted by molar-refractivity contribution is 7.85. The minimum atomic E-state index is -3.20. The number of fused-ring (bicyclic) bond motifs is 4. The van der Waals surface area contributed by atoms with Gasteiger partial charge in [0, 0.05) is 32.6 Å². The van der Waals surface area contributed by atoms with Crippen LogP contribution >= 0.6 is 7.14 Å². The third-order valence-corrected chi connectivity index (χ3v) is 14.1. The molecule has 1 aliphatic carbocycles. The SMILES string of the molecule is O=P(c1ccccc1)(c1ccccc1)c1ccc(C2(c3ccccc3)c3ccccc3-c3c(-c4cccc5ccccc45)nc(-c4ccccc4)nc32)cc1. The smallest absolute Gasteiger partial charge is 0.171 e. The van der Waals surface area contributed by atoms with Crippen LogP contribution in [0.3, 0.4) is 0 Å². The molecule has 0 saturated heterocycles. The summed E-state index contributed by atoms with van der Waals surface area (Å²) in [5.41, 5.74) is 8.46. The second kappa shape index (κ2) is 13.3. The first kappa shape index (κ1) is 32.9. The van der Waals surface area contributed by atoms with Crippen LogP contribution in [0.5, 0.6) is 0 Å². The Morgan fingerprint density at radius 3 is 1.62 bits per heavy atom. The number of rotatable bonds is 7. The number of hydrogen-bond acceptors (Lipinski definition) is 3. The minimum absolute atomic E-state index is 0.671. The van der Waals surface area contributed by atoms with Gasteiger partial charge in [0.25, 0.3) is 0 Å². The second-order valence-corrected chi connectivity index (χ2v) is 16.8. The summed E-state index contributed by atoms with van der Waals surface area (Å²) in [4.78, 5) is 11.1. The van der Waals surface area contributed by atoms with Gasteiger partial charge >= 0.3 is 0 Å². The van der Waals surface area contributed by atoms with Crippen LogP contribution in [0.15, 0.2) is 212 Å². The van der Waals surface area contributed by atoms with E-state index in [1.807, 2.05) is 78.9 Å². The van der Waals surface area contributed by atoms with E-state index in [2.05, 4.69) is 133 Å². The van der Waals surface area contributed by atoms with Crippen LogP contribution in [0.1, 0.15) is 22.4 Å². The van der Waals surface area contributed by atoms with E-state index < -0.39 is 12.6 Å². The molecule has 10 rings (SSSR count). The van der Waals surface area contributed by atoms with Crippen LogP contribution in [0.4, 0.5) is 0 Å². The molecule has 0 bridgehead atoms. The van der Waals surface area contributed by atoms with Gasteiger partial charge in [0.15, 0.2) is 13.0 Å². The Kier molecular flexibility index (Phi) is 7.98. The Morgan fingerprint density at radius 2 is 0.927 bits per heavy atom. The maximum atomic E-state index is 15.5. The molecule has 0 fully saturated rings. The van der Waals surface area contributed by atoms with Gasteiger partial charge in [-0.3, -0.25) is 0 Å². The third-order valence-electron chi connectivity index (χ3n) is 11.1. The fraction of sp³-hybridized carbons (Fsp3) is 0.0196. The van der Waals surface area contributed by atoms with E-state index in [0.717, 1.165) is 77.0 Å². The molecule has 0 amide bonds. The summed E-state index contributed by atoms with van der Waals surface area (Å²) >= 11 is 0. The predicted molar refractivity (Wildman–Crippen MR) is 227 cm³/mol. The average Bonchev–Trinajstić information content (AvgIpc) is 3.58. The van der Waals surface area contributed by atoms with Crippen molar-refractivity contribution in [1.29, 1.82) is 0 Å².